The molecule has 7 heteroatoms. The SMILES string of the molecule is O=C(O)c1ccc(C(=O)NCc2ccno2)nc1. The molecular formula is C11H9N3O4. The molecular weight excluding hydrogens is 238 g/mol. The molecule has 0 unspecified atom stereocenters. The van der Waals surface area contributed by atoms with Crippen molar-refractivity contribution in [3.8, 4) is 0 Å². The van der Waals surface area contributed by atoms with E-state index in [0.717, 1.165) is 6.20 Å². The predicted octanol–water partition coefficient (Wildman–Crippen LogP) is 0.698. The van der Waals surface area contributed by atoms with Crippen LogP contribution in [0.5, 0.6) is 0 Å². The summed E-state index contributed by atoms with van der Waals surface area (Å²) in [4.78, 5) is 26.0. The number of hydrogen-bond acceptors (Lipinski definition) is 5. The molecule has 0 aliphatic carbocycles. The maximum atomic E-state index is 11.6. The molecule has 2 N–H and O–H groups in total. The van der Waals surface area contributed by atoms with E-state index in [-0.39, 0.29) is 17.8 Å². The van der Waals surface area contributed by atoms with Gasteiger partial charge in [0.1, 0.15) is 5.69 Å². The molecule has 2 aromatic rings. The van der Waals surface area contributed by atoms with Crippen LogP contribution in [0, 0.1) is 0 Å². The minimum Gasteiger partial charge on any atom is -0.478 e. The molecule has 2 rings (SSSR count). The van der Waals surface area contributed by atoms with E-state index in [1.807, 2.05) is 0 Å². The van der Waals surface area contributed by atoms with Gasteiger partial charge in [0, 0.05) is 12.3 Å². The lowest BCUT2D eigenvalue weighted by atomic mass is 10.2. The summed E-state index contributed by atoms with van der Waals surface area (Å²) in [5.41, 5.74) is 0.168. The van der Waals surface area contributed by atoms with Crippen molar-refractivity contribution in [2.45, 2.75) is 6.54 Å². The molecule has 0 bridgehead atoms. The lowest BCUT2D eigenvalue weighted by Crippen LogP contribution is -2.23. The Bertz CT molecular complexity index is 548. The minimum atomic E-state index is -1.09. The molecule has 92 valence electrons. The molecule has 0 spiro atoms. The molecule has 2 aromatic heterocycles. The highest BCUT2D eigenvalue weighted by Crippen LogP contribution is 2.01. The summed E-state index contributed by atoms with van der Waals surface area (Å²) in [6.07, 6.45) is 2.60. The number of carboxylic acids is 1. The highest BCUT2D eigenvalue weighted by molar-refractivity contribution is 5.93. The second-order valence-electron chi connectivity index (χ2n) is 3.40. The average molecular weight is 247 g/mol. The van der Waals surface area contributed by atoms with Crippen molar-refractivity contribution in [1.29, 1.82) is 0 Å². The summed E-state index contributed by atoms with van der Waals surface area (Å²) in [7, 11) is 0. The number of nitrogens with one attached hydrogen (secondary N) is 1. The van der Waals surface area contributed by atoms with E-state index in [9.17, 15) is 9.59 Å². The highest BCUT2D eigenvalue weighted by atomic mass is 16.5. The smallest absolute Gasteiger partial charge is 0.337 e. The second-order valence-corrected chi connectivity index (χ2v) is 3.40. The van der Waals surface area contributed by atoms with Crippen molar-refractivity contribution >= 4 is 11.9 Å². The molecule has 18 heavy (non-hydrogen) atoms. The van der Waals surface area contributed by atoms with Crippen LogP contribution in [0.15, 0.2) is 35.1 Å². The minimum absolute atomic E-state index is 0.0294. The molecule has 0 saturated heterocycles. The van der Waals surface area contributed by atoms with Crippen molar-refractivity contribution in [2.24, 2.45) is 0 Å². The van der Waals surface area contributed by atoms with Gasteiger partial charge >= 0.3 is 5.97 Å². The fraction of sp³-hybridized carbons (Fsp3) is 0.0909. The zero-order chi connectivity index (χ0) is 13.0. The summed E-state index contributed by atoms with van der Waals surface area (Å²) in [5, 5.41) is 14.7. The Morgan fingerprint density at radius 3 is 2.72 bits per heavy atom. The number of carbonyl (C=O) groups excluding carboxylic acids is 1. The van der Waals surface area contributed by atoms with Crippen molar-refractivity contribution in [3.05, 3.63) is 47.6 Å². The highest BCUT2D eigenvalue weighted by Gasteiger charge is 2.09. The fourth-order valence-electron chi connectivity index (χ4n) is 1.25. The van der Waals surface area contributed by atoms with Gasteiger partial charge in [0.25, 0.3) is 5.91 Å². The number of pyridine rings is 1. The van der Waals surface area contributed by atoms with Crippen LogP contribution in [-0.4, -0.2) is 27.1 Å². The monoisotopic (exact) mass is 247 g/mol. The Morgan fingerprint density at radius 2 is 2.17 bits per heavy atom. The van der Waals surface area contributed by atoms with E-state index in [1.54, 1.807) is 6.07 Å². The Balaban J connectivity index is 1.98. The lowest BCUT2D eigenvalue weighted by molar-refractivity contribution is 0.0695. The van der Waals surface area contributed by atoms with E-state index in [4.69, 9.17) is 9.63 Å². The summed E-state index contributed by atoms with van der Waals surface area (Å²) in [6, 6.07) is 4.29. The standard InChI is InChI=1S/C11H9N3O4/c15-10(13-6-8-3-4-14-18-8)9-2-1-7(5-12-9)11(16)17/h1-5H,6H2,(H,13,15)(H,16,17). The summed E-state index contributed by atoms with van der Waals surface area (Å²) in [5.74, 6) is -0.982. The van der Waals surface area contributed by atoms with E-state index in [0.29, 0.717) is 5.76 Å². The number of amides is 1. The summed E-state index contributed by atoms with van der Waals surface area (Å²) >= 11 is 0. The van der Waals surface area contributed by atoms with E-state index >= 15 is 0 Å². The fourth-order valence-corrected chi connectivity index (χ4v) is 1.25. The first kappa shape index (κ1) is 11.8. The second kappa shape index (κ2) is 5.09. The number of aromatic nitrogens is 2. The molecule has 0 aromatic carbocycles. The van der Waals surface area contributed by atoms with Crippen LogP contribution >= 0.6 is 0 Å². The Morgan fingerprint density at radius 1 is 1.33 bits per heavy atom. The van der Waals surface area contributed by atoms with Crippen molar-refractivity contribution in [2.75, 3.05) is 0 Å². The maximum Gasteiger partial charge on any atom is 0.337 e. The van der Waals surface area contributed by atoms with Gasteiger partial charge in [-0.25, -0.2) is 4.79 Å². The van der Waals surface area contributed by atoms with Crippen LogP contribution < -0.4 is 5.32 Å². The van der Waals surface area contributed by atoms with E-state index in [2.05, 4.69) is 15.5 Å². The van der Waals surface area contributed by atoms with Crippen LogP contribution in [0.1, 0.15) is 26.6 Å². The van der Waals surface area contributed by atoms with Gasteiger partial charge in [-0.05, 0) is 12.1 Å². The molecule has 0 saturated carbocycles. The first-order valence-electron chi connectivity index (χ1n) is 5.04. The molecule has 0 radical (unpaired) electrons. The largest absolute Gasteiger partial charge is 0.478 e. The van der Waals surface area contributed by atoms with E-state index in [1.165, 1.54) is 18.3 Å². The van der Waals surface area contributed by atoms with Gasteiger partial charge < -0.3 is 14.9 Å². The Labute approximate surface area is 101 Å². The number of carbonyl (C=O) groups is 2. The molecule has 1 amide bonds. The Kier molecular flexibility index (Phi) is 3.33. The average Bonchev–Trinajstić information content (AvgIpc) is 2.89. The summed E-state index contributed by atoms with van der Waals surface area (Å²) < 4.78 is 4.81. The number of carboxylic acid groups (broad SMARTS) is 1. The van der Waals surface area contributed by atoms with Crippen LogP contribution in [0.2, 0.25) is 0 Å². The Hall–Kier alpha value is -2.70. The zero-order valence-corrected chi connectivity index (χ0v) is 9.16. The quantitative estimate of drug-likeness (QED) is 0.823. The third kappa shape index (κ3) is 2.70. The predicted molar refractivity (Wildman–Crippen MR) is 58.9 cm³/mol. The number of nitrogens with zero attached hydrogens (tertiary/aromatic N) is 2. The van der Waals surface area contributed by atoms with Crippen LogP contribution in [0.25, 0.3) is 0 Å². The zero-order valence-electron chi connectivity index (χ0n) is 9.16. The molecule has 2 heterocycles. The lowest BCUT2D eigenvalue weighted by Gasteiger charge is -2.02. The first-order valence-corrected chi connectivity index (χ1v) is 5.04. The van der Waals surface area contributed by atoms with Crippen molar-refractivity contribution in [3.63, 3.8) is 0 Å². The number of hydrogen-bond donors (Lipinski definition) is 2. The van der Waals surface area contributed by atoms with Gasteiger partial charge in [-0.1, -0.05) is 5.16 Å². The summed E-state index contributed by atoms with van der Waals surface area (Å²) in [6.45, 7) is 0.196. The number of aromatic carboxylic acids is 1. The van der Waals surface area contributed by atoms with Gasteiger partial charge in [-0.2, -0.15) is 0 Å². The van der Waals surface area contributed by atoms with Crippen molar-refractivity contribution in [1.82, 2.24) is 15.5 Å². The van der Waals surface area contributed by atoms with E-state index < -0.39 is 11.9 Å². The third-order valence-corrected chi connectivity index (χ3v) is 2.16. The van der Waals surface area contributed by atoms with Crippen LogP contribution in [0.3, 0.4) is 0 Å². The normalized spacial score (nSPS) is 10.0. The van der Waals surface area contributed by atoms with Crippen LogP contribution in [-0.2, 0) is 6.54 Å². The first-order chi connectivity index (χ1) is 8.66. The maximum absolute atomic E-state index is 11.6. The van der Waals surface area contributed by atoms with Crippen molar-refractivity contribution < 1.29 is 19.2 Å². The number of rotatable bonds is 4. The molecule has 7 nitrogen and oxygen atoms in total. The van der Waals surface area contributed by atoms with Gasteiger partial charge in [-0.3, -0.25) is 9.78 Å². The molecule has 0 fully saturated rings. The van der Waals surface area contributed by atoms with Gasteiger partial charge in [0.05, 0.1) is 18.3 Å². The topological polar surface area (TPSA) is 105 Å². The van der Waals surface area contributed by atoms with Gasteiger partial charge in [0.15, 0.2) is 5.76 Å². The third-order valence-electron chi connectivity index (χ3n) is 2.16. The van der Waals surface area contributed by atoms with Gasteiger partial charge in [-0.15, -0.1) is 0 Å². The molecule has 0 aliphatic rings. The van der Waals surface area contributed by atoms with Gasteiger partial charge in [0.2, 0.25) is 0 Å². The molecule has 0 atom stereocenters. The van der Waals surface area contributed by atoms with Crippen LogP contribution in [0.4, 0.5) is 0 Å². The molecule has 0 aliphatic heterocycles.